The fourth-order valence-electron chi connectivity index (χ4n) is 2.21. The smallest absolute Gasteiger partial charge is 0.292 e. The maximum Gasteiger partial charge on any atom is 0.292 e. The van der Waals surface area contributed by atoms with Gasteiger partial charge in [-0.15, -0.1) is 0 Å². The van der Waals surface area contributed by atoms with E-state index in [0.29, 0.717) is 5.88 Å². The third kappa shape index (κ3) is 2.48. The molecule has 1 unspecified atom stereocenters. The molecule has 1 amide bonds. The van der Waals surface area contributed by atoms with Crippen molar-refractivity contribution >= 4 is 5.91 Å². The number of ether oxygens (including phenoxy) is 1. The molecule has 2 rings (SSSR count). The van der Waals surface area contributed by atoms with Crippen molar-refractivity contribution in [2.75, 3.05) is 33.8 Å². The summed E-state index contributed by atoms with van der Waals surface area (Å²) in [6, 6.07) is 1.76. The van der Waals surface area contributed by atoms with Crippen LogP contribution >= 0.6 is 0 Å². The molecule has 1 aliphatic rings. The Morgan fingerprint density at radius 3 is 3.06 bits per heavy atom. The summed E-state index contributed by atoms with van der Waals surface area (Å²) in [5.74, 6) is 0.409. The van der Waals surface area contributed by atoms with Crippen molar-refractivity contribution in [2.24, 2.45) is 0 Å². The number of likely N-dealkylation sites (N-methyl/N-ethyl adjacent to an activating group) is 2. The van der Waals surface area contributed by atoms with E-state index in [2.05, 4.69) is 17.0 Å². The lowest BCUT2D eigenvalue weighted by atomic mass is 10.2. The fraction of sp³-hybridized carbons (Fsp3) is 0.667. The van der Waals surface area contributed by atoms with E-state index in [4.69, 9.17) is 9.26 Å². The highest BCUT2D eigenvalue weighted by molar-refractivity contribution is 5.91. The molecule has 100 valence electrons. The minimum Gasteiger partial charge on any atom is -0.479 e. The van der Waals surface area contributed by atoms with Crippen LogP contribution in [0.1, 0.15) is 23.9 Å². The van der Waals surface area contributed by atoms with E-state index in [1.807, 2.05) is 0 Å². The summed E-state index contributed by atoms with van der Waals surface area (Å²) in [4.78, 5) is 16.2. The van der Waals surface area contributed by atoms with Gasteiger partial charge in [0.2, 0.25) is 5.76 Å². The molecular weight excluding hydrogens is 234 g/mol. The average Bonchev–Trinajstić information content (AvgIpc) is 3.05. The van der Waals surface area contributed by atoms with Crippen LogP contribution in [0.3, 0.4) is 0 Å². The van der Waals surface area contributed by atoms with E-state index < -0.39 is 0 Å². The Morgan fingerprint density at radius 2 is 2.50 bits per heavy atom. The van der Waals surface area contributed by atoms with E-state index in [-0.39, 0.29) is 17.7 Å². The second-order valence-electron chi connectivity index (χ2n) is 4.49. The van der Waals surface area contributed by atoms with Gasteiger partial charge in [0.25, 0.3) is 11.8 Å². The molecule has 0 aliphatic carbocycles. The van der Waals surface area contributed by atoms with Crippen LogP contribution in [0.15, 0.2) is 10.6 Å². The molecule has 0 spiro atoms. The van der Waals surface area contributed by atoms with Gasteiger partial charge in [-0.25, -0.2) is 0 Å². The van der Waals surface area contributed by atoms with Crippen LogP contribution < -0.4 is 4.74 Å². The van der Waals surface area contributed by atoms with Gasteiger partial charge >= 0.3 is 0 Å². The van der Waals surface area contributed by atoms with Crippen LogP contribution in [-0.4, -0.2) is 60.7 Å². The first-order valence-corrected chi connectivity index (χ1v) is 6.16. The standard InChI is InChI=1S/C12H19N3O3/c1-4-15-6-5-9(8-15)14(2)12(16)10-7-11(17-3)13-18-10/h7,9H,4-6,8H2,1-3H3. The molecular formula is C12H19N3O3. The molecule has 0 N–H and O–H groups in total. The maximum absolute atomic E-state index is 12.2. The second kappa shape index (κ2) is 5.39. The lowest BCUT2D eigenvalue weighted by Gasteiger charge is -2.23. The Balaban J connectivity index is 2.00. The molecule has 6 nitrogen and oxygen atoms in total. The van der Waals surface area contributed by atoms with E-state index in [9.17, 15) is 4.79 Å². The number of hydrogen-bond acceptors (Lipinski definition) is 5. The molecule has 1 aromatic rings. The number of methoxy groups -OCH3 is 1. The Labute approximate surface area is 106 Å². The second-order valence-corrected chi connectivity index (χ2v) is 4.49. The van der Waals surface area contributed by atoms with Crippen LogP contribution in [0.4, 0.5) is 0 Å². The molecule has 0 saturated carbocycles. The highest BCUT2D eigenvalue weighted by Crippen LogP contribution is 2.18. The molecule has 1 atom stereocenters. The lowest BCUT2D eigenvalue weighted by molar-refractivity contribution is 0.0693. The van der Waals surface area contributed by atoms with E-state index in [1.165, 1.54) is 13.2 Å². The Morgan fingerprint density at radius 1 is 1.72 bits per heavy atom. The largest absolute Gasteiger partial charge is 0.479 e. The van der Waals surface area contributed by atoms with Crippen LogP contribution in [0.5, 0.6) is 5.88 Å². The number of carbonyl (C=O) groups excluding carboxylic acids is 1. The van der Waals surface area contributed by atoms with Crippen molar-refractivity contribution in [3.8, 4) is 5.88 Å². The predicted molar refractivity (Wildman–Crippen MR) is 65.7 cm³/mol. The van der Waals surface area contributed by atoms with Gasteiger partial charge in [-0.05, 0) is 18.1 Å². The van der Waals surface area contributed by atoms with Gasteiger partial charge in [0, 0.05) is 26.2 Å². The molecule has 1 fully saturated rings. The fourth-order valence-corrected chi connectivity index (χ4v) is 2.21. The summed E-state index contributed by atoms with van der Waals surface area (Å²) < 4.78 is 9.87. The number of carbonyl (C=O) groups is 1. The first-order chi connectivity index (χ1) is 8.65. The van der Waals surface area contributed by atoms with Crippen molar-refractivity contribution in [3.63, 3.8) is 0 Å². The Kier molecular flexibility index (Phi) is 3.86. The summed E-state index contributed by atoms with van der Waals surface area (Å²) in [5, 5.41) is 3.64. The van der Waals surface area contributed by atoms with Gasteiger partial charge in [-0.2, -0.15) is 0 Å². The minimum absolute atomic E-state index is 0.145. The summed E-state index contributed by atoms with van der Waals surface area (Å²) in [5.41, 5.74) is 0. The van der Waals surface area contributed by atoms with Crippen LogP contribution in [0.2, 0.25) is 0 Å². The molecule has 1 saturated heterocycles. The number of nitrogens with zero attached hydrogens (tertiary/aromatic N) is 3. The molecule has 0 radical (unpaired) electrons. The zero-order valence-corrected chi connectivity index (χ0v) is 11.0. The minimum atomic E-state index is -0.145. The first-order valence-electron chi connectivity index (χ1n) is 6.16. The van der Waals surface area contributed by atoms with Gasteiger partial charge in [-0.1, -0.05) is 6.92 Å². The predicted octanol–water partition coefficient (Wildman–Crippen LogP) is 0.849. The summed E-state index contributed by atoms with van der Waals surface area (Å²) in [6.45, 7) is 5.11. The number of likely N-dealkylation sites (tertiary alicyclic amines) is 1. The molecule has 1 aliphatic heterocycles. The van der Waals surface area contributed by atoms with Gasteiger partial charge in [0.05, 0.1) is 13.2 Å². The molecule has 1 aromatic heterocycles. The molecule has 6 heteroatoms. The van der Waals surface area contributed by atoms with E-state index >= 15 is 0 Å². The Bertz CT molecular complexity index is 418. The lowest BCUT2D eigenvalue weighted by Crippen LogP contribution is -2.38. The van der Waals surface area contributed by atoms with Gasteiger partial charge < -0.3 is 19.1 Å². The van der Waals surface area contributed by atoms with Crippen LogP contribution in [0.25, 0.3) is 0 Å². The molecule has 2 heterocycles. The van der Waals surface area contributed by atoms with Gasteiger partial charge in [0.1, 0.15) is 0 Å². The summed E-state index contributed by atoms with van der Waals surface area (Å²) in [6.07, 6.45) is 1.00. The van der Waals surface area contributed by atoms with Crippen LogP contribution in [0, 0.1) is 0 Å². The normalized spacial score (nSPS) is 20.1. The van der Waals surface area contributed by atoms with Crippen molar-refractivity contribution in [1.29, 1.82) is 0 Å². The van der Waals surface area contributed by atoms with E-state index in [0.717, 1.165) is 26.1 Å². The molecule has 18 heavy (non-hydrogen) atoms. The average molecular weight is 253 g/mol. The third-order valence-electron chi connectivity index (χ3n) is 3.47. The zero-order chi connectivity index (χ0) is 13.1. The van der Waals surface area contributed by atoms with Gasteiger partial charge in [0.15, 0.2) is 0 Å². The molecule has 0 aromatic carbocycles. The van der Waals surface area contributed by atoms with Crippen molar-refractivity contribution < 1.29 is 14.1 Å². The summed E-state index contributed by atoms with van der Waals surface area (Å²) in [7, 11) is 3.30. The van der Waals surface area contributed by atoms with E-state index in [1.54, 1.807) is 11.9 Å². The quantitative estimate of drug-likeness (QED) is 0.796. The molecule has 0 bridgehead atoms. The topological polar surface area (TPSA) is 58.8 Å². The van der Waals surface area contributed by atoms with Crippen molar-refractivity contribution in [3.05, 3.63) is 11.8 Å². The SMILES string of the molecule is CCN1CCC(N(C)C(=O)c2cc(OC)no2)C1. The Hall–Kier alpha value is -1.56. The first kappa shape index (κ1) is 12.9. The highest BCUT2D eigenvalue weighted by atomic mass is 16.5. The van der Waals surface area contributed by atoms with Gasteiger partial charge in [-0.3, -0.25) is 4.79 Å². The number of rotatable bonds is 4. The third-order valence-corrected chi connectivity index (χ3v) is 3.47. The number of aromatic nitrogens is 1. The van der Waals surface area contributed by atoms with Crippen molar-refractivity contribution in [2.45, 2.75) is 19.4 Å². The highest BCUT2D eigenvalue weighted by Gasteiger charge is 2.29. The monoisotopic (exact) mass is 253 g/mol. The maximum atomic E-state index is 12.2. The van der Waals surface area contributed by atoms with Crippen LogP contribution in [-0.2, 0) is 0 Å². The number of hydrogen-bond donors (Lipinski definition) is 0. The number of amides is 1. The zero-order valence-electron chi connectivity index (χ0n) is 11.0. The van der Waals surface area contributed by atoms with Crippen molar-refractivity contribution in [1.82, 2.24) is 15.0 Å². The summed E-state index contributed by atoms with van der Waals surface area (Å²) >= 11 is 0.